The molecule has 0 bridgehead atoms. The summed E-state index contributed by atoms with van der Waals surface area (Å²) in [6.45, 7) is 11.2. The molecule has 7 heteroatoms. The number of ether oxygens (including phenoxy) is 2. The number of para-hydroxylation sites is 2. The van der Waals surface area contributed by atoms with Crippen LogP contribution in [-0.4, -0.2) is 42.6 Å². The second-order valence-electron chi connectivity index (χ2n) is 12.9. The van der Waals surface area contributed by atoms with E-state index < -0.39 is 5.92 Å². The molecule has 7 nitrogen and oxygen atoms in total. The van der Waals surface area contributed by atoms with Gasteiger partial charge in [0.1, 0.15) is 11.5 Å². The Kier molecular flexibility index (Phi) is 7.58. The van der Waals surface area contributed by atoms with Gasteiger partial charge in [-0.05, 0) is 60.4 Å². The summed E-state index contributed by atoms with van der Waals surface area (Å²) >= 11 is 0. The minimum Gasteiger partial charge on any atom is -0.495 e. The molecule has 0 spiro atoms. The van der Waals surface area contributed by atoms with Crippen LogP contribution in [0.15, 0.2) is 71.1 Å². The van der Waals surface area contributed by atoms with Gasteiger partial charge in [-0.3, -0.25) is 14.4 Å². The lowest BCUT2D eigenvalue weighted by Gasteiger charge is -2.48. The van der Waals surface area contributed by atoms with Gasteiger partial charge in [0.05, 0.1) is 12.8 Å². The normalized spacial score (nSPS) is 20.0. The van der Waals surface area contributed by atoms with Gasteiger partial charge in [0.15, 0.2) is 18.2 Å². The maximum Gasteiger partial charge on any atom is 0.262 e. The zero-order valence-corrected chi connectivity index (χ0v) is 24.9. The van der Waals surface area contributed by atoms with Crippen LogP contribution in [0.1, 0.15) is 71.8 Å². The van der Waals surface area contributed by atoms with Crippen molar-refractivity contribution in [3.63, 3.8) is 0 Å². The third kappa shape index (κ3) is 5.67. The molecule has 2 aromatic rings. The number of anilines is 1. The number of ketones is 2. The number of nitrogens with one attached hydrogen (secondary N) is 1. The van der Waals surface area contributed by atoms with Crippen molar-refractivity contribution in [3.05, 3.63) is 76.6 Å². The van der Waals surface area contributed by atoms with Crippen molar-refractivity contribution in [1.29, 1.82) is 0 Å². The summed E-state index contributed by atoms with van der Waals surface area (Å²) in [5.41, 5.74) is 4.86. The molecule has 1 heterocycles. The van der Waals surface area contributed by atoms with Crippen molar-refractivity contribution < 1.29 is 23.9 Å². The molecule has 41 heavy (non-hydrogen) atoms. The Labute approximate surface area is 242 Å². The van der Waals surface area contributed by atoms with Crippen LogP contribution in [0.5, 0.6) is 11.5 Å². The fourth-order valence-electron chi connectivity index (χ4n) is 6.60. The highest BCUT2D eigenvalue weighted by Gasteiger charge is 2.48. The standard InChI is InChI=1S/C34H40N2O5/c1-7-36-24-16-33(2,3)18-26(37)31(24)30(32-25(36)17-34(4,5)19-27(32)38)21-12-14-22(15-13-21)41-20-29(39)35-23-10-8-9-11-28(23)40-6/h8-15,30H,7,16-20H2,1-6H3,(H,35,39). The van der Waals surface area contributed by atoms with E-state index in [1.165, 1.54) is 0 Å². The number of Topliss-reactive ketones (excluding diaryl/α,β-unsaturated/α-hetero) is 2. The number of hydrogen-bond acceptors (Lipinski definition) is 6. The van der Waals surface area contributed by atoms with Gasteiger partial charge in [0.2, 0.25) is 0 Å². The third-order valence-corrected chi connectivity index (χ3v) is 8.30. The molecule has 0 atom stereocenters. The Morgan fingerprint density at radius 2 is 1.44 bits per heavy atom. The first-order valence-electron chi connectivity index (χ1n) is 14.4. The number of benzene rings is 2. The zero-order valence-electron chi connectivity index (χ0n) is 24.9. The lowest BCUT2D eigenvalue weighted by molar-refractivity contribution is -0.120. The van der Waals surface area contributed by atoms with Crippen molar-refractivity contribution in [3.8, 4) is 11.5 Å². The number of rotatable bonds is 7. The Morgan fingerprint density at radius 1 is 0.878 bits per heavy atom. The highest BCUT2D eigenvalue weighted by Crippen LogP contribution is 2.54. The van der Waals surface area contributed by atoms with Crippen LogP contribution in [0, 0.1) is 10.8 Å². The molecule has 0 aromatic heterocycles. The van der Waals surface area contributed by atoms with Gasteiger partial charge in [0, 0.05) is 47.8 Å². The van der Waals surface area contributed by atoms with Gasteiger partial charge in [-0.25, -0.2) is 0 Å². The maximum atomic E-state index is 13.7. The number of allylic oxidation sites excluding steroid dienone is 4. The Hall–Kier alpha value is -3.87. The third-order valence-electron chi connectivity index (χ3n) is 8.30. The Bertz CT molecular complexity index is 1390. The predicted octanol–water partition coefficient (Wildman–Crippen LogP) is 6.42. The average Bonchev–Trinajstić information content (AvgIpc) is 2.90. The summed E-state index contributed by atoms with van der Waals surface area (Å²) in [4.78, 5) is 42.3. The summed E-state index contributed by atoms with van der Waals surface area (Å²) in [5, 5.41) is 2.81. The van der Waals surface area contributed by atoms with Gasteiger partial charge >= 0.3 is 0 Å². The molecule has 3 aliphatic rings. The van der Waals surface area contributed by atoms with Crippen molar-refractivity contribution >= 4 is 23.2 Å². The van der Waals surface area contributed by atoms with Crippen molar-refractivity contribution in [2.45, 2.75) is 66.2 Å². The van der Waals surface area contributed by atoms with Crippen molar-refractivity contribution in [1.82, 2.24) is 4.90 Å². The molecule has 0 radical (unpaired) electrons. The minimum atomic E-state index is -0.391. The van der Waals surface area contributed by atoms with Crippen LogP contribution in [0.2, 0.25) is 0 Å². The maximum absolute atomic E-state index is 13.7. The SMILES string of the molecule is CCN1C2=C(C(=O)CC(C)(C)C2)C(c2ccc(OCC(=O)Nc3ccccc3OC)cc2)C2=C1CC(C)(C)CC2=O. The molecule has 2 aromatic carbocycles. The van der Waals surface area contributed by atoms with Crippen molar-refractivity contribution in [2.24, 2.45) is 10.8 Å². The van der Waals surface area contributed by atoms with E-state index in [0.717, 1.165) is 47.5 Å². The van der Waals surface area contributed by atoms with Crippen LogP contribution in [0.4, 0.5) is 5.69 Å². The fraction of sp³-hybridized carbons (Fsp3) is 0.441. The molecular weight excluding hydrogens is 516 g/mol. The van der Waals surface area contributed by atoms with Gasteiger partial charge in [-0.15, -0.1) is 0 Å². The zero-order chi connectivity index (χ0) is 29.5. The van der Waals surface area contributed by atoms with E-state index in [9.17, 15) is 14.4 Å². The predicted molar refractivity (Wildman–Crippen MR) is 159 cm³/mol. The van der Waals surface area contributed by atoms with Crippen LogP contribution in [0.3, 0.4) is 0 Å². The van der Waals surface area contributed by atoms with Crippen molar-refractivity contribution in [2.75, 3.05) is 25.6 Å². The van der Waals surface area contributed by atoms with Crippen LogP contribution in [-0.2, 0) is 14.4 Å². The molecule has 1 N–H and O–H groups in total. The number of hydrogen-bond donors (Lipinski definition) is 1. The molecule has 5 rings (SSSR count). The molecule has 1 aliphatic heterocycles. The first-order chi connectivity index (χ1) is 19.4. The number of carbonyl (C=O) groups is 3. The average molecular weight is 557 g/mol. The summed E-state index contributed by atoms with van der Waals surface area (Å²) in [6.07, 6.45) is 2.52. The van der Waals surface area contributed by atoms with Gasteiger partial charge in [-0.1, -0.05) is 52.0 Å². The van der Waals surface area contributed by atoms with Crippen LogP contribution < -0.4 is 14.8 Å². The van der Waals surface area contributed by atoms with Gasteiger partial charge in [0.25, 0.3) is 5.91 Å². The summed E-state index contributed by atoms with van der Waals surface area (Å²) in [5.74, 6) is 0.654. The summed E-state index contributed by atoms with van der Waals surface area (Å²) < 4.78 is 11.1. The monoisotopic (exact) mass is 556 g/mol. The second-order valence-corrected chi connectivity index (χ2v) is 12.9. The van der Waals surface area contributed by atoms with E-state index in [4.69, 9.17) is 9.47 Å². The molecule has 216 valence electrons. The molecule has 0 fully saturated rings. The number of methoxy groups -OCH3 is 1. The lowest BCUT2D eigenvalue weighted by Crippen LogP contribution is -2.44. The molecule has 0 unspecified atom stereocenters. The Balaban J connectivity index is 1.44. The fourth-order valence-corrected chi connectivity index (χ4v) is 6.60. The number of nitrogens with zero attached hydrogens (tertiary/aromatic N) is 1. The van der Waals surface area contributed by atoms with E-state index in [2.05, 4.69) is 44.8 Å². The van der Waals surface area contributed by atoms with E-state index in [-0.39, 0.29) is 34.9 Å². The lowest BCUT2D eigenvalue weighted by atomic mass is 9.63. The smallest absolute Gasteiger partial charge is 0.262 e. The van der Waals surface area contributed by atoms with E-state index in [1.807, 2.05) is 36.4 Å². The molecular formula is C34H40N2O5. The molecule has 1 amide bonds. The Morgan fingerprint density at radius 3 is 1.98 bits per heavy atom. The molecule has 0 saturated carbocycles. The summed E-state index contributed by atoms with van der Waals surface area (Å²) in [6, 6.07) is 14.7. The molecule has 2 aliphatic carbocycles. The molecule has 0 saturated heterocycles. The van der Waals surface area contributed by atoms with Gasteiger partial charge < -0.3 is 19.7 Å². The first-order valence-corrected chi connectivity index (χ1v) is 14.4. The van der Waals surface area contributed by atoms with Crippen LogP contribution >= 0.6 is 0 Å². The second kappa shape index (κ2) is 10.8. The highest BCUT2D eigenvalue weighted by atomic mass is 16.5. The van der Waals surface area contributed by atoms with Gasteiger partial charge in [-0.2, -0.15) is 0 Å². The largest absolute Gasteiger partial charge is 0.495 e. The minimum absolute atomic E-state index is 0.122. The van der Waals surface area contributed by atoms with E-state index >= 15 is 0 Å². The highest BCUT2D eigenvalue weighted by molar-refractivity contribution is 6.06. The quantitative estimate of drug-likeness (QED) is 0.424. The number of carbonyl (C=O) groups excluding carboxylic acids is 3. The topological polar surface area (TPSA) is 84.9 Å². The van der Waals surface area contributed by atoms with E-state index in [0.29, 0.717) is 30.0 Å². The van der Waals surface area contributed by atoms with E-state index in [1.54, 1.807) is 19.2 Å². The summed E-state index contributed by atoms with van der Waals surface area (Å²) in [7, 11) is 1.55. The number of amides is 1. The van der Waals surface area contributed by atoms with Crippen LogP contribution in [0.25, 0.3) is 0 Å². The first kappa shape index (κ1) is 28.7.